The Morgan fingerprint density at radius 2 is 0.693 bits per heavy atom. The summed E-state index contributed by atoms with van der Waals surface area (Å²) in [6.07, 6.45) is -1.59. The molecule has 2 N–H and O–H groups in total. The SMILES string of the molecule is CC1(C)O[C@H]2O[C@H](CNp3oc4c(C(C)(C)C)cc(C(C)(C)C)cc4c4cc(C(C)(C)C)cc(C(C)(C)C)c4o3)[C@H](Np3oc4c(C(C)(C)C)cc(C(C)(C)C)cc4c4cc(C(C)(C)C)cc(C(C)(C)C)c4o3)[C@H]2O1. The lowest BCUT2D eigenvalue weighted by Gasteiger charge is -2.27. The van der Waals surface area contributed by atoms with Crippen LogP contribution in [0.4, 0.5) is 0 Å². The zero-order chi connectivity index (χ0) is 55.9. The van der Waals surface area contributed by atoms with Crippen molar-refractivity contribution in [3.05, 3.63) is 93.0 Å². The van der Waals surface area contributed by atoms with Gasteiger partial charge in [-0.25, -0.2) is 10.2 Å². The first-order valence-electron chi connectivity index (χ1n) is 27.5. The number of hydrogen-bond donors (Lipinski definition) is 2. The van der Waals surface area contributed by atoms with E-state index in [0.29, 0.717) is 6.54 Å². The molecule has 0 spiro atoms. The first kappa shape index (κ1) is 57.6. The molecule has 4 heterocycles. The second-order valence-electron chi connectivity index (χ2n) is 30.6. The van der Waals surface area contributed by atoms with Crippen molar-refractivity contribution < 1.29 is 31.0 Å². The van der Waals surface area contributed by atoms with E-state index in [1.54, 1.807) is 0 Å². The van der Waals surface area contributed by atoms with E-state index in [4.69, 9.17) is 31.0 Å². The van der Waals surface area contributed by atoms with Crippen LogP contribution < -0.4 is 10.2 Å². The number of rotatable bonds is 5. The third kappa shape index (κ3) is 11.8. The third-order valence-electron chi connectivity index (χ3n) is 15.2. The lowest BCUT2D eigenvalue weighted by molar-refractivity contribution is -0.204. The van der Waals surface area contributed by atoms with Gasteiger partial charge in [-0.05, 0) is 104 Å². The highest BCUT2D eigenvalue weighted by atomic mass is 31.1. The highest BCUT2D eigenvalue weighted by Crippen LogP contribution is 2.49. The normalized spacial score (nSPS) is 20.2. The molecule has 8 rings (SSSR count). The van der Waals surface area contributed by atoms with Gasteiger partial charge in [-0.1, -0.05) is 190 Å². The summed E-state index contributed by atoms with van der Waals surface area (Å²) >= 11 is 0. The van der Waals surface area contributed by atoms with E-state index >= 15 is 0 Å². The van der Waals surface area contributed by atoms with E-state index in [2.05, 4.69) is 225 Å². The van der Waals surface area contributed by atoms with E-state index in [1.807, 2.05) is 13.8 Å². The van der Waals surface area contributed by atoms with Crippen LogP contribution in [0.1, 0.15) is 225 Å². The molecule has 9 nitrogen and oxygen atoms in total. The van der Waals surface area contributed by atoms with Gasteiger partial charge in [0.25, 0.3) is 0 Å². The minimum absolute atomic E-state index is 0.109. The monoisotopic (exact) mass is 1060 g/mol. The molecule has 75 heavy (non-hydrogen) atoms. The van der Waals surface area contributed by atoms with Gasteiger partial charge in [0.2, 0.25) is 0 Å². The summed E-state index contributed by atoms with van der Waals surface area (Å²) in [5.41, 5.74) is 11.5. The summed E-state index contributed by atoms with van der Waals surface area (Å²) in [5, 5.41) is 12.0. The molecule has 2 aliphatic rings. The molecular formula is C64H94N2O7P2. The first-order chi connectivity index (χ1) is 33.9. The predicted molar refractivity (Wildman–Crippen MR) is 318 cm³/mol. The van der Waals surface area contributed by atoms with E-state index in [0.717, 1.165) is 66.1 Å². The number of fused-ring (bicyclic) bond motifs is 7. The minimum atomic E-state index is -1.88. The number of nitrogens with one attached hydrogen (secondary N) is 2. The lowest BCUT2D eigenvalue weighted by atomic mass is 9.77. The van der Waals surface area contributed by atoms with Crippen LogP contribution >= 0.6 is 16.3 Å². The zero-order valence-electron chi connectivity index (χ0n) is 50.9. The maximum Gasteiger partial charge on any atom is 0.307 e. The zero-order valence-corrected chi connectivity index (χ0v) is 52.7. The highest BCUT2D eigenvalue weighted by Gasteiger charge is 2.55. The first-order valence-corrected chi connectivity index (χ1v) is 29.9. The molecule has 0 saturated carbocycles. The van der Waals surface area contributed by atoms with Gasteiger partial charge in [-0.15, -0.1) is 0 Å². The van der Waals surface area contributed by atoms with Crippen molar-refractivity contribution in [3.8, 4) is 0 Å². The summed E-state index contributed by atoms with van der Waals surface area (Å²) in [7, 11) is -3.67. The number of ether oxygens (including phenoxy) is 3. The quantitative estimate of drug-likeness (QED) is 0.175. The smallest absolute Gasteiger partial charge is 0.307 e. The highest BCUT2D eigenvalue weighted by molar-refractivity contribution is 7.39. The Labute approximate surface area is 452 Å². The van der Waals surface area contributed by atoms with Gasteiger partial charge in [0.15, 0.2) is 12.1 Å². The standard InChI is InChI=1S/C64H94N2O7P2/c1-56(2,3)36-27-40-41-28-37(57(4,5)6)32-45(61(16,17)18)51(41)71-74(70-50(40)44(31-36)60(13,14)15)65-35-48-49(54-55(67-48)69-64(25,26)68-54)66-75-72-52-42(29-38(58(7,8)9)33-46(52)62(19,20)21)43-30-39(59(10,11)12)34-47(53(43)73-75)63(22,23)24/h27-34,48-49,54-55,65-66H,35H2,1-26H3/t48-,49+,54-,55-/m1/s1. The molecule has 2 aromatic heterocycles. The van der Waals surface area contributed by atoms with Crippen LogP contribution in [0.15, 0.2) is 65.3 Å². The van der Waals surface area contributed by atoms with E-state index < -0.39 is 46.7 Å². The molecular weight excluding hydrogens is 971 g/mol. The van der Waals surface area contributed by atoms with Crippen molar-refractivity contribution in [1.29, 1.82) is 0 Å². The average Bonchev–Trinajstić information content (AvgIpc) is 3.55. The van der Waals surface area contributed by atoms with Crippen LogP contribution in [0, 0.1) is 0 Å². The van der Waals surface area contributed by atoms with Gasteiger partial charge in [-0.2, -0.15) is 0 Å². The Bertz CT molecular complexity index is 3060. The summed E-state index contributed by atoms with van der Waals surface area (Å²) in [6.45, 7) is 58.9. The molecule has 0 radical (unpaired) electrons. The second kappa shape index (κ2) is 18.8. The van der Waals surface area contributed by atoms with E-state index in [-0.39, 0.29) is 43.3 Å². The molecule has 0 bridgehead atoms. The van der Waals surface area contributed by atoms with Crippen LogP contribution in [-0.4, -0.2) is 36.9 Å². The van der Waals surface area contributed by atoms with E-state index in [1.165, 1.54) is 22.3 Å². The summed E-state index contributed by atoms with van der Waals surface area (Å²) in [4.78, 5) is 0. The Morgan fingerprint density at radius 1 is 0.400 bits per heavy atom. The summed E-state index contributed by atoms with van der Waals surface area (Å²) in [6, 6.07) is 18.3. The molecule has 6 aromatic rings. The molecule has 412 valence electrons. The minimum Gasteiger partial charge on any atom is -0.408 e. The van der Waals surface area contributed by atoms with Crippen LogP contribution in [-0.2, 0) is 57.5 Å². The maximum atomic E-state index is 7.43. The van der Waals surface area contributed by atoms with Crippen molar-refractivity contribution >= 4 is 60.2 Å². The van der Waals surface area contributed by atoms with Crippen LogP contribution in [0.2, 0.25) is 0 Å². The second-order valence-corrected chi connectivity index (χ2v) is 33.0. The van der Waals surface area contributed by atoms with Gasteiger partial charge in [0, 0.05) is 50.3 Å². The average molecular weight is 1070 g/mol. The maximum absolute atomic E-state index is 7.43. The molecule has 0 amide bonds. The van der Waals surface area contributed by atoms with Crippen LogP contribution in [0.25, 0.3) is 43.9 Å². The third-order valence-corrected chi connectivity index (χ3v) is 17.5. The molecule has 2 aliphatic heterocycles. The molecule has 0 unspecified atom stereocenters. The van der Waals surface area contributed by atoms with Crippen molar-refractivity contribution in [2.45, 2.75) is 254 Å². The Kier molecular flexibility index (Phi) is 14.5. The van der Waals surface area contributed by atoms with Gasteiger partial charge in [0.1, 0.15) is 28.4 Å². The largest absolute Gasteiger partial charge is 0.408 e. The van der Waals surface area contributed by atoms with E-state index in [9.17, 15) is 0 Å². The molecule has 11 heteroatoms. The van der Waals surface area contributed by atoms with Crippen LogP contribution in [0.5, 0.6) is 0 Å². The van der Waals surface area contributed by atoms with Gasteiger partial charge in [-0.3, -0.25) is 0 Å². The topological polar surface area (TPSA) is 104 Å². The lowest BCUT2D eigenvalue weighted by Crippen LogP contribution is -2.42. The summed E-state index contributed by atoms with van der Waals surface area (Å²) < 4.78 is 49.8. The number of benzene rings is 4. The fourth-order valence-electron chi connectivity index (χ4n) is 10.3. The fourth-order valence-corrected chi connectivity index (χ4v) is 13.0. The van der Waals surface area contributed by atoms with Crippen molar-refractivity contribution in [2.75, 3.05) is 16.7 Å². The molecule has 2 fully saturated rings. The van der Waals surface area contributed by atoms with Crippen LogP contribution in [0.3, 0.4) is 0 Å². The van der Waals surface area contributed by atoms with Gasteiger partial charge < -0.3 is 31.0 Å². The Balaban J connectivity index is 1.36. The molecule has 2 saturated heterocycles. The van der Waals surface area contributed by atoms with Gasteiger partial charge in [0.05, 0.1) is 12.1 Å². The Hall–Kier alpha value is -3.52. The number of hydrogen-bond acceptors (Lipinski definition) is 9. The predicted octanol–water partition coefficient (Wildman–Crippen LogP) is 19.3. The van der Waals surface area contributed by atoms with Crippen molar-refractivity contribution in [3.63, 3.8) is 0 Å². The van der Waals surface area contributed by atoms with Crippen molar-refractivity contribution in [2.24, 2.45) is 0 Å². The molecule has 4 atom stereocenters. The van der Waals surface area contributed by atoms with Crippen molar-refractivity contribution in [1.82, 2.24) is 0 Å². The summed E-state index contributed by atoms with van der Waals surface area (Å²) in [5.74, 6) is -0.869. The molecule has 4 aromatic carbocycles. The van der Waals surface area contributed by atoms with Gasteiger partial charge >= 0.3 is 16.3 Å². The molecule has 0 aliphatic carbocycles. The fraction of sp³-hybridized carbons (Fsp3) is 0.625. The Morgan fingerprint density at radius 3 is 0.973 bits per heavy atom.